The second-order valence-corrected chi connectivity index (χ2v) is 10.3. The average Bonchev–Trinajstić information content (AvgIpc) is 3.37. The van der Waals surface area contributed by atoms with Crippen molar-refractivity contribution in [3.05, 3.63) is 29.8 Å². The normalized spacial score (nSPS) is 24.4. The molecule has 0 saturated carbocycles. The first-order valence-corrected chi connectivity index (χ1v) is 11.8. The van der Waals surface area contributed by atoms with E-state index in [1.54, 1.807) is 24.6 Å². The number of morpholine rings is 1. The maximum Gasteiger partial charge on any atom is 0.167 e. The summed E-state index contributed by atoms with van der Waals surface area (Å²) in [4.78, 5) is 11.5. The topological polar surface area (TPSA) is 132 Å². The Morgan fingerprint density at radius 2 is 2.00 bits per heavy atom. The SMILES string of the molecule is C[C@@H]1COCCN1c1cc(N=S(C)(C)=O)nc(-c2cc(N)cc(C3OC3N)c2)n1. The standard InChI is InChI=1S/C19H26N6O3S/c1-11-10-27-5-4-25(11)16-9-15(24-29(2,3)26)22-19(23-16)13-6-12(7-14(20)8-13)17-18(21)28-17/h6-9,11,17-18H,4-5,10,20-21H2,1-3H3/t11-,17?,18?/m1/s1. The minimum atomic E-state index is -2.38. The van der Waals surface area contributed by atoms with Crippen molar-refractivity contribution in [2.75, 3.05) is 42.9 Å². The van der Waals surface area contributed by atoms with E-state index in [0.717, 1.165) is 16.9 Å². The molecule has 10 heteroatoms. The third-order valence-corrected chi connectivity index (χ3v) is 5.39. The molecule has 1 aromatic carbocycles. The van der Waals surface area contributed by atoms with Gasteiger partial charge in [-0.05, 0) is 30.7 Å². The van der Waals surface area contributed by atoms with Crippen LogP contribution in [0.2, 0.25) is 0 Å². The summed E-state index contributed by atoms with van der Waals surface area (Å²) in [5.74, 6) is 1.56. The molecule has 0 bridgehead atoms. The average molecular weight is 419 g/mol. The van der Waals surface area contributed by atoms with Crippen molar-refractivity contribution in [3.8, 4) is 11.4 Å². The summed E-state index contributed by atoms with van der Waals surface area (Å²) in [7, 11) is -2.38. The van der Waals surface area contributed by atoms with Gasteiger partial charge in [-0.3, -0.25) is 0 Å². The Kier molecular flexibility index (Phi) is 5.19. The van der Waals surface area contributed by atoms with Crippen molar-refractivity contribution in [3.63, 3.8) is 0 Å². The molecular formula is C19H26N6O3S. The molecule has 0 amide bonds. The van der Waals surface area contributed by atoms with Crippen LogP contribution in [-0.4, -0.2) is 58.7 Å². The van der Waals surface area contributed by atoms with Crippen LogP contribution in [0.4, 0.5) is 17.3 Å². The number of benzene rings is 1. The third kappa shape index (κ3) is 4.67. The number of hydrogen-bond donors (Lipinski definition) is 2. The summed E-state index contributed by atoms with van der Waals surface area (Å²) < 4.78 is 27.5. The highest BCUT2D eigenvalue weighted by Crippen LogP contribution is 2.38. The first-order valence-electron chi connectivity index (χ1n) is 9.42. The van der Waals surface area contributed by atoms with Crippen molar-refractivity contribution in [1.82, 2.24) is 9.97 Å². The van der Waals surface area contributed by atoms with Gasteiger partial charge in [0.05, 0.1) is 19.3 Å². The molecule has 29 heavy (non-hydrogen) atoms. The van der Waals surface area contributed by atoms with E-state index < -0.39 is 9.73 Å². The minimum Gasteiger partial charge on any atom is -0.399 e. The zero-order valence-electron chi connectivity index (χ0n) is 16.7. The van der Waals surface area contributed by atoms with E-state index in [2.05, 4.69) is 21.2 Å². The molecule has 3 atom stereocenters. The van der Waals surface area contributed by atoms with Crippen LogP contribution >= 0.6 is 0 Å². The van der Waals surface area contributed by atoms with Gasteiger partial charge < -0.3 is 25.8 Å². The Hall–Kier alpha value is -2.27. The lowest BCUT2D eigenvalue weighted by atomic mass is 10.1. The van der Waals surface area contributed by atoms with Crippen molar-refractivity contribution in [2.24, 2.45) is 10.1 Å². The number of hydrogen-bond acceptors (Lipinski definition) is 9. The zero-order chi connectivity index (χ0) is 20.8. The van der Waals surface area contributed by atoms with Gasteiger partial charge in [-0.1, -0.05) is 0 Å². The predicted molar refractivity (Wildman–Crippen MR) is 113 cm³/mol. The van der Waals surface area contributed by atoms with Crippen molar-refractivity contribution < 1.29 is 13.7 Å². The van der Waals surface area contributed by atoms with E-state index in [9.17, 15) is 4.21 Å². The summed E-state index contributed by atoms with van der Waals surface area (Å²) in [5.41, 5.74) is 14.1. The van der Waals surface area contributed by atoms with E-state index in [-0.39, 0.29) is 18.4 Å². The molecular weight excluding hydrogens is 392 g/mol. The van der Waals surface area contributed by atoms with Gasteiger partial charge >= 0.3 is 0 Å². The Labute approximate surface area is 170 Å². The van der Waals surface area contributed by atoms with Gasteiger partial charge in [0.1, 0.15) is 18.1 Å². The maximum atomic E-state index is 12.3. The predicted octanol–water partition coefficient (Wildman–Crippen LogP) is 1.67. The lowest BCUT2D eigenvalue weighted by molar-refractivity contribution is 0.0985. The van der Waals surface area contributed by atoms with Gasteiger partial charge in [0.25, 0.3) is 0 Å². The van der Waals surface area contributed by atoms with E-state index in [1.807, 2.05) is 12.1 Å². The van der Waals surface area contributed by atoms with Gasteiger partial charge in [-0.15, -0.1) is 0 Å². The number of nitrogen functional groups attached to an aromatic ring is 1. The van der Waals surface area contributed by atoms with E-state index in [0.29, 0.717) is 37.1 Å². The fraction of sp³-hybridized carbons (Fsp3) is 0.474. The van der Waals surface area contributed by atoms with Crippen LogP contribution in [0.5, 0.6) is 0 Å². The summed E-state index contributed by atoms with van der Waals surface area (Å²) in [5, 5.41) is 0. The third-order valence-electron chi connectivity index (χ3n) is 4.76. The fourth-order valence-electron chi connectivity index (χ4n) is 3.40. The van der Waals surface area contributed by atoms with Crippen molar-refractivity contribution in [2.45, 2.75) is 25.3 Å². The number of epoxide rings is 1. The first kappa shape index (κ1) is 20.0. The Morgan fingerprint density at radius 3 is 2.66 bits per heavy atom. The molecule has 156 valence electrons. The van der Waals surface area contributed by atoms with Crippen LogP contribution in [0.25, 0.3) is 11.4 Å². The minimum absolute atomic E-state index is 0.154. The van der Waals surface area contributed by atoms with Crippen molar-refractivity contribution >= 4 is 27.1 Å². The molecule has 4 rings (SSSR count). The van der Waals surface area contributed by atoms with Crippen molar-refractivity contribution in [1.29, 1.82) is 0 Å². The van der Waals surface area contributed by atoms with E-state index >= 15 is 0 Å². The van der Waals surface area contributed by atoms with Gasteiger partial charge in [0.15, 0.2) is 11.6 Å². The largest absolute Gasteiger partial charge is 0.399 e. The molecule has 2 saturated heterocycles. The lowest BCUT2D eigenvalue weighted by Gasteiger charge is -2.34. The molecule has 3 heterocycles. The number of aromatic nitrogens is 2. The summed E-state index contributed by atoms with van der Waals surface area (Å²) in [6.07, 6.45) is 2.67. The Morgan fingerprint density at radius 1 is 1.24 bits per heavy atom. The first-order chi connectivity index (χ1) is 13.7. The van der Waals surface area contributed by atoms with Gasteiger partial charge in [-0.2, -0.15) is 4.36 Å². The van der Waals surface area contributed by atoms with E-state index in [1.165, 1.54) is 0 Å². The Bertz CT molecular complexity index is 1040. The zero-order valence-corrected chi connectivity index (χ0v) is 17.6. The molecule has 2 aliphatic rings. The molecule has 2 fully saturated rings. The van der Waals surface area contributed by atoms with Gasteiger partial charge in [0.2, 0.25) is 0 Å². The van der Waals surface area contributed by atoms with E-state index in [4.69, 9.17) is 25.9 Å². The summed E-state index contributed by atoms with van der Waals surface area (Å²) in [6, 6.07) is 7.49. The molecule has 1 aromatic heterocycles. The second kappa shape index (κ2) is 7.52. The molecule has 2 aromatic rings. The summed E-state index contributed by atoms with van der Waals surface area (Å²) >= 11 is 0. The number of nitrogens with zero attached hydrogens (tertiary/aromatic N) is 4. The van der Waals surface area contributed by atoms with Gasteiger partial charge in [-0.25, -0.2) is 14.2 Å². The fourth-order valence-corrected chi connectivity index (χ4v) is 3.94. The number of nitrogens with two attached hydrogens (primary N) is 2. The highest BCUT2D eigenvalue weighted by atomic mass is 32.2. The lowest BCUT2D eigenvalue weighted by Crippen LogP contribution is -2.44. The molecule has 2 unspecified atom stereocenters. The van der Waals surface area contributed by atoms with Crippen LogP contribution in [0.1, 0.15) is 18.6 Å². The number of rotatable bonds is 4. The molecule has 9 nitrogen and oxygen atoms in total. The second-order valence-electron chi connectivity index (χ2n) is 7.71. The molecule has 2 aliphatic heterocycles. The van der Waals surface area contributed by atoms with Crippen LogP contribution < -0.4 is 16.4 Å². The van der Waals surface area contributed by atoms with Crippen LogP contribution in [0, 0.1) is 0 Å². The highest BCUT2D eigenvalue weighted by molar-refractivity contribution is 7.92. The maximum absolute atomic E-state index is 12.3. The van der Waals surface area contributed by atoms with Gasteiger partial charge in [0, 0.05) is 46.1 Å². The molecule has 4 N–H and O–H groups in total. The number of ether oxygens (including phenoxy) is 2. The quantitative estimate of drug-likeness (QED) is 0.566. The molecule has 0 radical (unpaired) electrons. The number of anilines is 2. The van der Waals surface area contributed by atoms with Crippen LogP contribution in [0.3, 0.4) is 0 Å². The monoisotopic (exact) mass is 418 g/mol. The van der Waals surface area contributed by atoms with Crippen LogP contribution in [-0.2, 0) is 19.2 Å². The summed E-state index contributed by atoms with van der Waals surface area (Å²) in [6.45, 7) is 4.01. The Balaban J connectivity index is 1.82. The smallest absolute Gasteiger partial charge is 0.167 e. The molecule has 0 spiro atoms. The highest BCUT2D eigenvalue weighted by Gasteiger charge is 2.37. The molecule has 0 aliphatic carbocycles. The van der Waals surface area contributed by atoms with Crippen LogP contribution in [0.15, 0.2) is 28.6 Å².